The lowest BCUT2D eigenvalue weighted by Gasteiger charge is -2.18. The van der Waals surface area contributed by atoms with Crippen LogP contribution in [-0.2, 0) is 28.6 Å². The first-order chi connectivity index (χ1) is 33.5. The van der Waals surface area contributed by atoms with Gasteiger partial charge < -0.3 is 14.2 Å². The van der Waals surface area contributed by atoms with E-state index in [4.69, 9.17) is 14.2 Å². The molecule has 0 aromatic heterocycles. The van der Waals surface area contributed by atoms with Crippen LogP contribution in [0.25, 0.3) is 0 Å². The molecule has 0 rings (SSSR count). The maximum absolute atomic E-state index is 12.8. The molecule has 1 unspecified atom stereocenters. The molecule has 0 saturated heterocycles. The molecule has 0 aromatic rings. The smallest absolute Gasteiger partial charge is 0.306 e. The summed E-state index contributed by atoms with van der Waals surface area (Å²) in [4.78, 5) is 38.1. The lowest BCUT2D eigenvalue weighted by molar-refractivity contribution is -0.166. The molecule has 0 aromatic carbocycles. The number of allylic oxidation sites excluding steroid dienone is 20. The van der Waals surface area contributed by atoms with Gasteiger partial charge in [0.25, 0.3) is 0 Å². The average molecular weight is 941 g/mol. The van der Waals surface area contributed by atoms with E-state index in [1.807, 2.05) is 12.2 Å². The fourth-order valence-corrected chi connectivity index (χ4v) is 7.12. The van der Waals surface area contributed by atoms with Gasteiger partial charge in [-0.05, 0) is 116 Å². The van der Waals surface area contributed by atoms with Gasteiger partial charge in [0, 0.05) is 19.3 Å². The monoisotopic (exact) mass is 941 g/mol. The first-order valence-electron chi connectivity index (χ1n) is 27.5. The number of hydrogen-bond acceptors (Lipinski definition) is 6. The number of carbonyl (C=O) groups is 3. The van der Waals surface area contributed by atoms with Crippen LogP contribution in [0.4, 0.5) is 0 Å². The molecule has 0 aliphatic carbocycles. The molecule has 6 nitrogen and oxygen atoms in total. The Morgan fingerprint density at radius 2 is 0.603 bits per heavy atom. The van der Waals surface area contributed by atoms with Crippen molar-refractivity contribution in [3.05, 3.63) is 122 Å². The maximum Gasteiger partial charge on any atom is 0.306 e. The zero-order valence-corrected chi connectivity index (χ0v) is 43.8. The van der Waals surface area contributed by atoms with Crippen LogP contribution in [0.1, 0.15) is 233 Å². The van der Waals surface area contributed by atoms with Crippen molar-refractivity contribution in [3.8, 4) is 0 Å². The Morgan fingerprint density at radius 3 is 0.985 bits per heavy atom. The van der Waals surface area contributed by atoms with Crippen LogP contribution in [0, 0.1) is 0 Å². The third kappa shape index (κ3) is 52.8. The second-order valence-electron chi connectivity index (χ2n) is 17.7. The molecule has 0 heterocycles. The maximum atomic E-state index is 12.8. The Hall–Kier alpha value is -4.19. The molecule has 68 heavy (non-hydrogen) atoms. The second-order valence-corrected chi connectivity index (χ2v) is 17.7. The molecule has 0 spiro atoms. The highest BCUT2D eigenvalue weighted by atomic mass is 16.6. The van der Waals surface area contributed by atoms with Crippen molar-refractivity contribution in [3.63, 3.8) is 0 Å². The molecule has 0 N–H and O–H groups in total. The lowest BCUT2D eigenvalue weighted by atomic mass is 10.1. The van der Waals surface area contributed by atoms with E-state index in [-0.39, 0.29) is 37.5 Å². The Morgan fingerprint density at radius 1 is 0.309 bits per heavy atom. The molecule has 0 amide bonds. The van der Waals surface area contributed by atoms with Crippen LogP contribution in [0.15, 0.2) is 122 Å². The third-order valence-corrected chi connectivity index (χ3v) is 11.2. The normalized spacial score (nSPS) is 13.0. The van der Waals surface area contributed by atoms with Crippen molar-refractivity contribution in [2.24, 2.45) is 0 Å². The van der Waals surface area contributed by atoms with E-state index in [0.29, 0.717) is 19.3 Å². The van der Waals surface area contributed by atoms with Gasteiger partial charge in [0.2, 0.25) is 0 Å². The van der Waals surface area contributed by atoms with Crippen LogP contribution >= 0.6 is 0 Å². The summed E-state index contributed by atoms with van der Waals surface area (Å²) in [6, 6.07) is 0. The van der Waals surface area contributed by atoms with E-state index in [1.165, 1.54) is 70.6 Å². The number of rotatable bonds is 48. The summed E-state index contributed by atoms with van der Waals surface area (Å²) in [5.41, 5.74) is 0. The quantitative estimate of drug-likeness (QED) is 0.0262. The van der Waals surface area contributed by atoms with E-state index >= 15 is 0 Å². The molecule has 0 saturated carbocycles. The van der Waals surface area contributed by atoms with Crippen LogP contribution in [0.2, 0.25) is 0 Å². The zero-order valence-electron chi connectivity index (χ0n) is 43.8. The summed E-state index contributed by atoms with van der Waals surface area (Å²) in [6.07, 6.45) is 76.2. The fourth-order valence-electron chi connectivity index (χ4n) is 7.12. The molecule has 0 aliphatic heterocycles. The summed E-state index contributed by atoms with van der Waals surface area (Å²) in [5.74, 6) is -1.02. The Bertz CT molecular complexity index is 1450. The average Bonchev–Trinajstić information content (AvgIpc) is 3.34. The lowest BCUT2D eigenvalue weighted by Crippen LogP contribution is -2.30. The summed E-state index contributed by atoms with van der Waals surface area (Å²) >= 11 is 0. The van der Waals surface area contributed by atoms with Crippen molar-refractivity contribution in [1.29, 1.82) is 0 Å². The molecule has 384 valence electrons. The van der Waals surface area contributed by atoms with Gasteiger partial charge in [-0.2, -0.15) is 0 Å². The first kappa shape index (κ1) is 63.8. The fraction of sp³-hybridized carbons (Fsp3) is 0.629. The summed E-state index contributed by atoms with van der Waals surface area (Å²) < 4.78 is 16.8. The van der Waals surface area contributed by atoms with Gasteiger partial charge in [-0.3, -0.25) is 14.4 Å². The van der Waals surface area contributed by atoms with Crippen LogP contribution < -0.4 is 0 Å². The summed E-state index contributed by atoms with van der Waals surface area (Å²) in [5, 5.41) is 0. The molecule has 1 atom stereocenters. The second kappa shape index (κ2) is 55.4. The molecule has 6 heteroatoms. The standard InChI is InChI=1S/C62H100O6/c1-4-7-10-13-16-19-22-25-27-29-31-33-34-37-40-43-46-49-52-55-61(64)67-58-59(57-66-60(63)54-51-48-45-42-39-36-24-21-18-15-12-9-6-3)68-62(65)56-53-50-47-44-41-38-35-32-30-28-26-23-20-17-14-11-8-5-2/h7,9-10,12,16,18-21,23,25,27-28,30-31,33,36,39,45,48,59H,4-6,8,11,13-15,17,22,24,26,29,32,34-35,37-38,40-44,46-47,49-58H2,1-3H3/b10-7-,12-9-,19-16-,21-18-,23-20-,27-25-,30-28-,33-31-,39-36-,48-45-. The topological polar surface area (TPSA) is 78.9 Å². The van der Waals surface area contributed by atoms with Crippen LogP contribution in [0.5, 0.6) is 0 Å². The third-order valence-electron chi connectivity index (χ3n) is 11.2. The highest BCUT2D eigenvalue weighted by molar-refractivity contribution is 5.71. The van der Waals surface area contributed by atoms with Crippen LogP contribution in [-0.4, -0.2) is 37.2 Å². The molecule has 0 radical (unpaired) electrons. The number of carbonyl (C=O) groups excluding carboxylic acids is 3. The summed E-state index contributed by atoms with van der Waals surface area (Å²) in [6.45, 7) is 6.30. The van der Waals surface area contributed by atoms with Gasteiger partial charge in [-0.1, -0.05) is 219 Å². The van der Waals surface area contributed by atoms with E-state index in [9.17, 15) is 14.4 Å². The Kier molecular flexibility index (Phi) is 52.0. The highest BCUT2D eigenvalue weighted by Crippen LogP contribution is 2.13. The Labute approximate surface area is 418 Å². The van der Waals surface area contributed by atoms with Gasteiger partial charge in [0.05, 0.1) is 0 Å². The molecular weight excluding hydrogens is 841 g/mol. The highest BCUT2D eigenvalue weighted by Gasteiger charge is 2.19. The van der Waals surface area contributed by atoms with E-state index in [0.717, 1.165) is 116 Å². The molecular formula is C62H100O6. The van der Waals surface area contributed by atoms with Gasteiger partial charge in [0.1, 0.15) is 13.2 Å². The predicted octanol–water partition coefficient (Wildman–Crippen LogP) is 18.5. The first-order valence-corrected chi connectivity index (χ1v) is 27.5. The number of esters is 3. The van der Waals surface area contributed by atoms with Crippen molar-refractivity contribution in [2.75, 3.05) is 13.2 Å². The van der Waals surface area contributed by atoms with Crippen molar-refractivity contribution >= 4 is 17.9 Å². The van der Waals surface area contributed by atoms with Crippen molar-refractivity contribution in [2.45, 2.75) is 239 Å². The minimum absolute atomic E-state index is 0.114. The molecule has 0 bridgehead atoms. The molecule has 0 fully saturated rings. The van der Waals surface area contributed by atoms with Crippen molar-refractivity contribution in [1.82, 2.24) is 0 Å². The largest absolute Gasteiger partial charge is 0.462 e. The molecule has 0 aliphatic rings. The number of ether oxygens (including phenoxy) is 3. The van der Waals surface area contributed by atoms with Crippen LogP contribution in [0.3, 0.4) is 0 Å². The van der Waals surface area contributed by atoms with E-state index in [1.54, 1.807) is 0 Å². The summed E-state index contributed by atoms with van der Waals surface area (Å²) in [7, 11) is 0. The van der Waals surface area contributed by atoms with Gasteiger partial charge >= 0.3 is 17.9 Å². The SMILES string of the molecule is CC/C=C\C/C=C\C/C=C\C/C=C\CCCCCCCCC(=O)OCC(COC(=O)CC/C=C\C/C=C\C/C=C\C/C=C\CC)OC(=O)CCCCCCCCC/C=C\C/C=C\CCCCCC. The number of hydrogen-bond donors (Lipinski definition) is 0. The zero-order chi connectivity index (χ0) is 49.3. The van der Waals surface area contributed by atoms with E-state index in [2.05, 4.69) is 130 Å². The Balaban J connectivity index is 4.50. The van der Waals surface area contributed by atoms with Gasteiger partial charge in [-0.25, -0.2) is 0 Å². The van der Waals surface area contributed by atoms with Gasteiger partial charge in [0.15, 0.2) is 6.10 Å². The minimum Gasteiger partial charge on any atom is -0.462 e. The number of unbranched alkanes of at least 4 members (excludes halogenated alkanes) is 17. The van der Waals surface area contributed by atoms with E-state index < -0.39 is 6.10 Å². The van der Waals surface area contributed by atoms with Crippen molar-refractivity contribution < 1.29 is 28.6 Å². The van der Waals surface area contributed by atoms with Gasteiger partial charge in [-0.15, -0.1) is 0 Å². The predicted molar refractivity (Wildman–Crippen MR) is 293 cm³/mol. The minimum atomic E-state index is -0.821.